The predicted molar refractivity (Wildman–Crippen MR) is 72.9 cm³/mol. The van der Waals surface area contributed by atoms with E-state index in [2.05, 4.69) is 5.16 Å². The number of phenolic OH excluding ortho intramolecular Hbond substituents is 1. The summed E-state index contributed by atoms with van der Waals surface area (Å²) in [5.74, 6) is 0.594. The van der Waals surface area contributed by atoms with Crippen molar-refractivity contribution in [2.75, 3.05) is 0 Å². The number of aromatic hydroxyl groups is 1. The topological polar surface area (TPSA) is 62.1 Å². The second kappa shape index (κ2) is 5.91. The van der Waals surface area contributed by atoms with E-state index in [0.29, 0.717) is 23.6 Å². The molecule has 2 rings (SSSR count). The number of oxime groups is 1. The molecule has 19 heavy (non-hydrogen) atoms. The van der Waals surface area contributed by atoms with Crippen LogP contribution in [0.5, 0.6) is 11.5 Å². The third-order valence-corrected chi connectivity index (χ3v) is 2.76. The minimum Gasteiger partial charge on any atom is -0.507 e. The standard InChI is InChI=1S/C15H15NO3/c1-11(16-18)14-8-7-13(9-15(14)17)19-10-12-5-3-2-4-6-12/h2-9,17-18H,10H2,1H3/b16-11+. The quantitative estimate of drug-likeness (QED) is 0.502. The van der Waals surface area contributed by atoms with Crippen LogP contribution in [0, 0.1) is 0 Å². The summed E-state index contributed by atoms with van der Waals surface area (Å²) in [6, 6.07) is 14.7. The maximum absolute atomic E-state index is 9.82. The first-order valence-corrected chi connectivity index (χ1v) is 5.89. The number of phenols is 1. The molecule has 0 saturated heterocycles. The average molecular weight is 257 g/mol. The molecule has 0 aliphatic heterocycles. The van der Waals surface area contributed by atoms with Crippen LogP contribution >= 0.6 is 0 Å². The summed E-state index contributed by atoms with van der Waals surface area (Å²) < 4.78 is 5.58. The Bertz CT molecular complexity index is 579. The molecule has 0 spiro atoms. The van der Waals surface area contributed by atoms with Crippen molar-refractivity contribution < 1.29 is 15.1 Å². The zero-order valence-corrected chi connectivity index (χ0v) is 10.6. The molecule has 0 aromatic heterocycles. The molecule has 0 atom stereocenters. The first kappa shape index (κ1) is 13.0. The van der Waals surface area contributed by atoms with Crippen molar-refractivity contribution in [1.82, 2.24) is 0 Å². The lowest BCUT2D eigenvalue weighted by molar-refractivity contribution is 0.304. The van der Waals surface area contributed by atoms with Gasteiger partial charge in [-0.15, -0.1) is 0 Å². The summed E-state index contributed by atoms with van der Waals surface area (Å²) in [6.45, 7) is 2.05. The number of hydrogen-bond acceptors (Lipinski definition) is 4. The largest absolute Gasteiger partial charge is 0.507 e. The maximum Gasteiger partial charge on any atom is 0.128 e. The van der Waals surface area contributed by atoms with Gasteiger partial charge >= 0.3 is 0 Å². The molecule has 0 bridgehead atoms. The fraction of sp³-hybridized carbons (Fsp3) is 0.133. The SMILES string of the molecule is C/C(=N\O)c1ccc(OCc2ccccc2)cc1O. The summed E-state index contributed by atoms with van der Waals surface area (Å²) >= 11 is 0. The molecule has 98 valence electrons. The first-order valence-electron chi connectivity index (χ1n) is 5.89. The highest BCUT2D eigenvalue weighted by molar-refractivity contribution is 6.00. The van der Waals surface area contributed by atoms with E-state index in [1.54, 1.807) is 19.1 Å². The normalized spacial score (nSPS) is 11.3. The van der Waals surface area contributed by atoms with E-state index in [-0.39, 0.29) is 5.75 Å². The van der Waals surface area contributed by atoms with Crippen LogP contribution in [-0.2, 0) is 6.61 Å². The van der Waals surface area contributed by atoms with Gasteiger partial charge in [0.05, 0.1) is 5.71 Å². The lowest BCUT2D eigenvalue weighted by Crippen LogP contribution is -1.98. The van der Waals surface area contributed by atoms with E-state index in [0.717, 1.165) is 5.56 Å². The molecule has 0 aliphatic rings. The number of nitrogens with zero attached hydrogens (tertiary/aromatic N) is 1. The van der Waals surface area contributed by atoms with Gasteiger partial charge in [-0.2, -0.15) is 0 Å². The van der Waals surface area contributed by atoms with Gasteiger partial charge in [0.2, 0.25) is 0 Å². The third kappa shape index (κ3) is 3.25. The van der Waals surface area contributed by atoms with Crippen molar-refractivity contribution in [1.29, 1.82) is 0 Å². The molecule has 2 N–H and O–H groups in total. The van der Waals surface area contributed by atoms with E-state index >= 15 is 0 Å². The molecule has 0 unspecified atom stereocenters. The molecular weight excluding hydrogens is 242 g/mol. The van der Waals surface area contributed by atoms with Gasteiger partial charge in [0.15, 0.2) is 0 Å². The smallest absolute Gasteiger partial charge is 0.128 e. The average Bonchev–Trinajstić information content (AvgIpc) is 2.45. The van der Waals surface area contributed by atoms with E-state index < -0.39 is 0 Å². The zero-order valence-electron chi connectivity index (χ0n) is 10.6. The summed E-state index contributed by atoms with van der Waals surface area (Å²) in [4.78, 5) is 0. The van der Waals surface area contributed by atoms with Crippen molar-refractivity contribution in [3.63, 3.8) is 0 Å². The zero-order chi connectivity index (χ0) is 13.7. The highest BCUT2D eigenvalue weighted by Gasteiger charge is 2.06. The molecule has 0 saturated carbocycles. The van der Waals surface area contributed by atoms with Crippen LogP contribution in [0.4, 0.5) is 0 Å². The Kier molecular flexibility index (Phi) is 4.03. The predicted octanol–water partition coefficient (Wildman–Crippen LogP) is 3.17. The molecule has 0 heterocycles. The fourth-order valence-corrected chi connectivity index (χ4v) is 1.70. The first-order chi connectivity index (χ1) is 9.20. The van der Waals surface area contributed by atoms with Crippen molar-refractivity contribution in [3.05, 3.63) is 59.7 Å². The maximum atomic E-state index is 9.82. The molecule has 2 aromatic carbocycles. The third-order valence-electron chi connectivity index (χ3n) is 2.76. The lowest BCUT2D eigenvalue weighted by atomic mass is 10.1. The van der Waals surface area contributed by atoms with E-state index in [1.165, 1.54) is 6.07 Å². The molecule has 4 nitrogen and oxygen atoms in total. The van der Waals surface area contributed by atoms with Crippen LogP contribution in [0.3, 0.4) is 0 Å². The van der Waals surface area contributed by atoms with Crippen LogP contribution in [0.2, 0.25) is 0 Å². The second-order valence-corrected chi connectivity index (χ2v) is 4.14. The van der Waals surface area contributed by atoms with E-state index in [4.69, 9.17) is 9.94 Å². The van der Waals surface area contributed by atoms with Gasteiger partial charge in [0.1, 0.15) is 18.1 Å². The van der Waals surface area contributed by atoms with Crippen molar-refractivity contribution >= 4 is 5.71 Å². The Morgan fingerprint density at radius 2 is 1.89 bits per heavy atom. The van der Waals surface area contributed by atoms with Crippen LogP contribution in [0.25, 0.3) is 0 Å². The van der Waals surface area contributed by atoms with Gasteiger partial charge in [-0.05, 0) is 24.6 Å². The summed E-state index contributed by atoms with van der Waals surface area (Å²) in [5, 5.41) is 21.6. The van der Waals surface area contributed by atoms with Crippen molar-refractivity contribution in [2.45, 2.75) is 13.5 Å². The summed E-state index contributed by atoms with van der Waals surface area (Å²) in [7, 11) is 0. The van der Waals surface area contributed by atoms with Crippen LogP contribution in [0.15, 0.2) is 53.7 Å². The van der Waals surface area contributed by atoms with Crippen LogP contribution in [-0.4, -0.2) is 16.0 Å². The lowest BCUT2D eigenvalue weighted by Gasteiger charge is -2.08. The molecule has 0 aliphatic carbocycles. The van der Waals surface area contributed by atoms with Gasteiger partial charge in [-0.3, -0.25) is 0 Å². The minimum atomic E-state index is 0.0286. The number of rotatable bonds is 4. The Morgan fingerprint density at radius 3 is 2.53 bits per heavy atom. The number of hydrogen-bond donors (Lipinski definition) is 2. The Morgan fingerprint density at radius 1 is 1.16 bits per heavy atom. The molecule has 0 radical (unpaired) electrons. The summed E-state index contributed by atoms with van der Waals surface area (Å²) in [6.07, 6.45) is 0. The van der Waals surface area contributed by atoms with Gasteiger partial charge in [0, 0.05) is 11.6 Å². The van der Waals surface area contributed by atoms with Gasteiger partial charge in [0.25, 0.3) is 0 Å². The van der Waals surface area contributed by atoms with E-state index in [1.807, 2.05) is 30.3 Å². The molecule has 2 aromatic rings. The minimum absolute atomic E-state index is 0.0286. The fourth-order valence-electron chi connectivity index (χ4n) is 1.70. The van der Waals surface area contributed by atoms with Crippen LogP contribution in [0.1, 0.15) is 18.1 Å². The van der Waals surface area contributed by atoms with Crippen molar-refractivity contribution in [3.8, 4) is 11.5 Å². The van der Waals surface area contributed by atoms with Gasteiger partial charge in [-0.1, -0.05) is 35.5 Å². The Balaban J connectivity index is 2.09. The number of ether oxygens (including phenoxy) is 1. The van der Waals surface area contributed by atoms with Crippen LogP contribution < -0.4 is 4.74 Å². The molecule has 0 fully saturated rings. The van der Waals surface area contributed by atoms with Crippen molar-refractivity contribution in [2.24, 2.45) is 5.16 Å². The summed E-state index contributed by atoms with van der Waals surface area (Å²) in [5.41, 5.74) is 1.89. The molecule has 4 heteroatoms. The molecular formula is C15H15NO3. The Labute approximate surface area is 111 Å². The monoisotopic (exact) mass is 257 g/mol. The highest BCUT2D eigenvalue weighted by atomic mass is 16.5. The number of benzene rings is 2. The van der Waals surface area contributed by atoms with Gasteiger partial charge in [-0.25, -0.2) is 0 Å². The Hall–Kier alpha value is -2.49. The second-order valence-electron chi connectivity index (χ2n) is 4.14. The van der Waals surface area contributed by atoms with E-state index in [9.17, 15) is 5.11 Å². The highest BCUT2D eigenvalue weighted by Crippen LogP contribution is 2.24. The van der Waals surface area contributed by atoms with Gasteiger partial charge < -0.3 is 15.1 Å². The molecule has 0 amide bonds.